The first kappa shape index (κ1) is 96.5. The van der Waals surface area contributed by atoms with Crippen molar-refractivity contribution in [1.29, 1.82) is 0 Å². The standard InChI is InChI=1S/C76H106N18O25/c1-5-38(2)17-10-8-6-7-9-11-23-58(97)86-49(27-41-34-80-45-20-14-12-18-43(41)45)71(113)90-51(30-57(79)96)73(115)92-54(33-64(106)107)74(116)94-65-40(4)119-76(118)55(28-42-35-81-46-21-15-13-19-44(42)46)93-69(111)48(24-25-61(100)101)88-72(114)50(29-56(78)95)87-60(99)36-82-67(109)52(31-62(102)103)89-66(108)39(3)84-70(112)53(32-63(104)105)91-68(110)47(22-16-26-77)85-59(98)37-83-75(65)117/h12-15,18-21,34-35,38-40,47-55,65,80-81H,5-11,16-17,22-33,36-37,77H2,1-4H3,(H2,78,95)(H2,79,96)(H,82,109)(H,83,117)(H,84,112)(H,85,98)(H,86,97)(H,87,99)(H,88,114)(H,89,108)(H,90,113)(H,91,110)(H,92,115)(H,93,111)(H,94,116)(H,100,101)(H,102,103)(H,104,105)(H,106,107). The normalized spacial score (nSPS) is 20.9. The lowest BCUT2D eigenvalue weighted by molar-refractivity contribution is -0.156. The Bertz CT molecular complexity index is 4340. The highest BCUT2D eigenvalue weighted by molar-refractivity contribution is 6.02. The zero-order chi connectivity index (χ0) is 88.2. The molecular formula is C76H106N18O25. The summed E-state index contributed by atoms with van der Waals surface area (Å²) < 4.78 is 5.84. The number of cyclic esters (lactones) is 1. The van der Waals surface area contributed by atoms with Crippen molar-refractivity contribution in [3.8, 4) is 0 Å². The lowest BCUT2D eigenvalue weighted by atomic mass is 9.99. The number of unbranched alkanes of at least 4 members (excludes halogenated alkanes) is 5. The number of esters is 1. The summed E-state index contributed by atoms with van der Waals surface area (Å²) in [5, 5.41) is 69.5. The maximum atomic E-state index is 15.0. The number of aromatic nitrogens is 2. The van der Waals surface area contributed by atoms with Crippen LogP contribution in [0.25, 0.3) is 21.8 Å². The minimum absolute atomic E-state index is 0.00835. The Balaban J connectivity index is 1.58. The van der Waals surface area contributed by atoms with Crippen molar-refractivity contribution in [3.05, 3.63) is 72.1 Å². The minimum Gasteiger partial charge on any atom is -0.481 e. The van der Waals surface area contributed by atoms with E-state index in [2.05, 4.69) is 82.3 Å². The Labute approximate surface area is 681 Å². The second-order valence-corrected chi connectivity index (χ2v) is 28.8. The van der Waals surface area contributed by atoms with E-state index in [9.17, 15) is 112 Å². The summed E-state index contributed by atoms with van der Waals surface area (Å²) in [6.45, 7) is 3.74. The lowest BCUT2D eigenvalue weighted by Crippen LogP contribution is -2.61. The van der Waals surface area contributed by atoms with Gasteiger partial charge in [-0.3, -0.25) is 91.1 Å². The SMILES string of the molecule is CCC(C)CCCCCCCCC(=O)NC(Cc1c[nH]c2ccccc12)C(=O)NC(CC(N)=O)C(=O)NC(CC(=O)O)C(=O)NC1C(=O)NCC(=O)NC(CCCN)C(=O)NC(CC(=O)O)C(=O)NC(C)C(=O)NC(CC(=O)O)C(=O)NCC(=O)NC(CC(N)=O)C(=O)NC(CCC(=O)O)C(=O)NC(Cc2c[nH]c3ccccc23)C(=O)OC1C. The molecule has 0 radical (unpaired) electrons. The molecular weight excluding hydrogens is 1560 g/mol. The van der Waals surface area contributed by atoms with Gasteiger partial charge < -0.3 is 121 Å². The van der Waals surface area contributed by atoms with E-state index in [1.807, 2.05) is 10.6 Å². The number of hydrogen-bond donors (Lipinski definition) is 22. The fraction of sp³-hybridized carbons (Fsp3) is 0.526. The first-order valence-corrected chi connectivity index (χ1v) is 38.7. The monoisotopic (exact) mass is 1670 g/mol. The van der Waals surface area contributed by atoms with Crippen LogP contribution in [0.15, 0.2) is 60.9 Å². The van der Waals surface area contributed by atoms with Crippen LogP contribution in [-0.4, -0.2) is 241 Å². The van der Waals surface area contributed by atoms with Crippen LogP contribution >= 0.6 is 0 Å². The van der Waals surface area contributed by atoms with Gasteiger partial charge in [-0.2, -0.15) is 0 Å². The molecule has 2 aromatic heterocycles. The predicted molar refractivity (Wildman–Crippen MR) is 418 cm³/mol. The van der Waals surface area contributed by atoms with Gasteiger partial charge in [0.2, 0.25) is 88.6 Å². The van der Waals surface area contributed by atoms with E-state index in [0.717, 1.165) is 52.4 Å². The van der Waals surface area contributed by atoms with E-state index in [-0.39, 0.29) is 37.8 Å². The number of primary amides is 2. The number of carbonyl (C=O) groups is 20. The lowest BCUT2D eigenvalue weighted by Gasteiger charge is -2.29. The van der Waals surface area contributed by atoms with Gasteiger partial charge in [0.1, 0.15) is 72.6 Å². The van der Waals surface area contributed by atoms with Gasteiger partial charge in [-0.15, -0.1) is 0 Å². The number of carbonyl (C=O) groups excluding carboxylic acids is 16. The Morgan fingerprint density at radius 3 is 1.55 bits per heavy atom. The van der Waals surface area contributed by atoms with Crippen molar-refractivity contribution in [2.75, 3.05) is 19.6 Å². The second kappa shape index (κ2) is 48.4. The number of rotatable bonds is 37. The zero-order valence-electron chi connectivity index (χ0n) is 66.1. The van der Waals surface area contributed by atoms with Gasteiger partial charge >= 0.3 is 29.8 Å². The molecule has 43 heteroatoms. The number of fused-ring (bicyclic) bond motifs is 2. The fourth-order valence-corrected chi connectivity index (χ4v) is 12.6. The van der Waals surface area contributed by atoms with Crippen LogP contribution in [0.5, 0.6) is 0 Å². The first-order valence-electron chi connectivity index (χ1n) is 38.7. The maximum absolute atomic E-state index is 15.0. The maximum Gasteiger partial charge on any atom is 0.329 e. The number of ether oxygens (including phenoxy) is 1. The summed E-state index contributed by atoms with van der Waals surface area (Å²) in [6, 6.07) is -8.63. The number of aliphatic carboxylic acids is 4. The third kappa shape index (κ3) is 33.2. The molecule has 0 aliphatic carbocycles. The second-order valence-electron chi connectivity index (χ2n) is 28.8. The van der Waals surface area contributed by atoms with Crippen molar-refractivity contribution < 1.29 is 121 Å². The molecule has 1 aliphatic heterocycles. The van der Waals surface area contributed by atoms with Crippen molar-refractivity contribution in [2.24, 2.45) is 23.1 Å². The Hall–Kier alpha value is -13.1. The van der Waals surface area contributed by atoms with Crippen LogP contribution in [0, 0.1) is 5.92 Å². The quantitative estimate of drug-likeness (QED) is 0.0151. The summed E-state index contributed by atoms with van der Waals surface area (Å²) >= 11 is 0. The van der Waals surface area contributed by atoms with Crippen LogP contribution in [0.3, 0.4) is 0 Å². The Morgan fingerprint density at radius 1 is 0.487 bits per heavy atom. The third-order valence-corrected chi connectivity index (χ3v) is 19.2. The number of amides is 15. The molecule has 3 heterocycles. The Morgan fingerprint density at radius 2 is 0.975 bits per heavy atom. The van der Waals surface area contributed by atoms with Crippen LogP contribution in [0.2, 0.25) is 0 Å². The molecule has 2 aromatic carbocycles. The molecule has 0 bridgehead atoms. The summed E-state index contributed by atoms with van der Waals surface area (Å²) in [5.41, 5.74) is 18.7. The number of carboxylic acids is 4. The molecule has 25 N–H and O–H groups in total. The van der Waals surface area contributed by atoms with Crippen LogP contribution < -0.4 is 86.3 Å². The van der Waals surface area contributed by atoms with Gasteiger partial charge in [0.25, 0.3) is 0 Å². The summed E-state index contributed by atoms with van der Waals surface area (Å²) in [6.07, 6.45) is -0.700. The number of benzene rings is 2. The van der Waals surface area contributed by atoms with Crippen LogP contribution in [0.1, 0.15) is 154 Å². The first-order chi connectivity index (χ1) is 56.4. The highest BCUT2D eigenvalue weighted by Gasteiger charge is 2.40. The molecule has 119 heavy (non-hydrogen) atoms. The molecule has 0 saturated carbocycles. The van der Waals surface area contributed by atoms with Gasteiger partial charge in [-0.1, -0.05) is 95.2 Å². The molecule has 1 saturated heterocycles. The number of H-pyrrole nitrogens is 2. The van der Waals surface area contributed by atoms with Gasteiger partial charge in [-0.05, 0) is 75.3 Å². The van der Waals surface area contributed by atoms with Crippen molar-refractivity contribution >= 4 is 140 Å². The largest absolute Gasteiger partial charge is 0.481 e. The molecule has 650 valence electrons. The number of para-hydroxylation sites is 2. The Kier molecular flexibility index (Phi) is 39.3. The van der Waals surface area contributed by atoms with Gasteiger partial charge in [0, 0.05) is 59.9 Å². The molecule has 13 atom stereocenters. The molecule has 1 fully saturated rings. The van der Waals surface area contributed by atoms with E-state index in [0.29, 0.717) is 46.1 Å². The molecule has 13 unspecified atom stereocenters. The topological polar surface area (TPSA) is 698 Å². The van der Waals surface area contributed by atoms with E-state index >= 15 is 4.79 Å². The van der Waals surface area contributed by atoms with Gasteiger partial charge in [0.05, 0.1) is 45.2 Å². The van der Waals surface area contributed by atoms with Gasteiger partial charge in [0.15, 0.2) is 0 Å². The number of nitrogens with one attached hydrogen (secondary N) is 15. The summed E-state index contributed by atoms with van der Waals surface area (Å²) in [4.78, 5) is 279. The molecule has 0 spiro atoms. The van der Waals surface area contributed by atoms with Crippen molar-refractivity contribution in [1.82, 2.24) is 79.1 Å². The summed E-state index contributed by atoms with van der Waals surface area (Å²) in [7, 11) is 0. The summed E-state index contributed by atoms with van der Waals surface area (Å²) in [5.74, 6) is -27.1. The average Bonchev–Trinajstić information content (AvgIpc) is 1.52. The number of nitrogens with two attached hydrogens (primary N) is 3. The van der Waals surface area contributed by atoms with Crippen molar-refractivity contribution in [3.63, 3.8) is 0 Å². The molecule has 1 aliphatic rings. The highest BCUT2D eigenvalue weighted by atomic mass is 16.5. The minimum atomic E-state index is -2.37. The van der Waals surface area contributed by atoms with Crippen LogP contribution in [-0.2, 0) is 113 Å². The third-order valence-electron chi connectivity index (χ3n) is 19.2. The fourth-order valence-electron chi connectivity index (χ4n) is 12.6. The van der Waals surface area contributed by atoms with Crippen LogP contribution in [0.4, 0.5) is 0 Å². The number of aromatic amines is 2. The van der Waals surface area contributed by atoms with E-state index < -0.39 is 255 Å². The molecule has 5 rings (SSSR count). The molecule has 4 aromatic rings. The van der Waals surface area contributed by atoms with E-state index in [1.54, 1.807) is 54.7 Å². The number of hydrogen-bond acceptors (Lipinski definition) is 22. The zero-order valence-corrected chi connectivity index (χ0v) is 66.1. The van der Waals surface area contributed by atoms with Gasteiger partial charge in [-0.25, -0.2) is 4.79 Å². The highest BCUT2D eigenvalue weighted by Crippen LogP contribution is 2.23. The molecule has 43 nitrogen and oxygen atoms in total. The van der Waals surface area contributed by atoms with E-state index in [4.69, 9.17) is 21.9 Å². The smallest absolute Gasteiger partial charge is 0.329 e. The average molecular weight is 1670 g/mol. The predicted octanol–water partition coefficient (Wildman–Crippen LogP) is -4.09. The van der Waals surface area contributed by atoms with E-state index in [1.165, 1.54) is 6.20 Å². The number of carboxylic acid groups (broad SMARTS) is 4. The van der Waals surface area contributed by atoms with Crippen molar-refractivity contribution in [2.45, 2.75) is 229 Å². The molecule has 15 amide bonds.